The van der Waals surface area contributed by atoms with Crippen LogP contribution in [0, 0.1) is 0 Å². The number of aromatic nitrogens is 1. The molecule has 0 spiro atoms. The monoisotopic (exact) mass is 338 g/mol. The van der Waals surface area contributed by atoms with Gasteiger partial charge in [0.05, 0.1) is 41.9 Å². The Hall–Kier alpha value is -2.24. The SMILES string of the molecule is O=C(c1ccc2ncsc2c1)N1CC[NH+](Cc2ccccc2)CC1. The highest BCUT2D eigenvalue weighted by Crippen LogP contribution is 2.20. The van der Waals surface area contributed by atoms with Crippen molar-refractivity contribution in [3.8, 4) is 0 Å². The van der Waals surface area contributed by atoms with Crippen LogP contribution in [0.25, 0.3) is 10.2 Å². The molecule has 2 heterocycles. The Morgan fingerprint density at radius 2 is 1.92 bits per heavy atom. The highest BCUT2D eigenvalue weighted by Gasteiger charge is 2.24. The first-order chi connectivity index (χ1) is 11.8. The maximum Gasteiger partial charge on any atom is 0.254 e. The highest BCUT2D eigenvalue weighted by molar-refractivity contribution is 7.16. The number of hydrogen-bond donors (Lipinski definition) is 1. The Bertz CT molecular complexity index is 838. The fourth-order valence-electron chi connectivity index (χ4n) is 3.26. The lowest BCUT2D eigenvalue weighted by Gasteiger charge is -2.32. The second-order valence-electron chi connectivity index (χ2n) is 6.24. The number of nitrogens with zero attached hydrogens (tertiary/aromatic N) is 2. The van der Waals surface area contributed by atoms with Crippen molar-refractivity contribution in [1.82, 2.24) is 9.88 Å². The first kappa shape index (κ1) is 15.3. The lowest BCUT2D eigenvalue weighted by atomic mass is 10.1. The van der Waals surface area contributed by atoms with Gasteiger partial charge in [0.1, 0.15) is 6.54 Å². The van der Waals surface area contributed by atoms with Crippen LogP contribution in [-0.2, 0) is 6.54 Å². The summed E-state index contributed by atoms with van der Waals surface area (Å²) in [5.74, 6) is 0.143. The molecule has 24 heavy (non-hydrogen) atoms. The summed E-state index contributed by atoms with van der Waals surface area (Å²) >= 11 is 1.58. The summed E-state index contributed by atoms with van der Waals surface area (Å²) in [4.78, 5) is 20.5. The lowest BCUT2D eigenvalue weighted by Crippen LogP contribution is -3.13. The number of carbonyl (C=O) groups excluding carboxylic acids is 1. The molecule has 4 nitrogen and oxygen atoms in total. The molecule has 0 atom stereocenters. The molecule has 0 bridgehead atoms. The number of amides is 1. The zero-order valence-electron chi connectivity index (χ0n) is 13.4. The van der Waals surface area contributed by atoms with Crippen LogP contribution in [0.15, 0.2) is 54.0 Å². The fraction of sp³-hybridized carbons (Fsp3) is 0.263. The van der Waals surface area contributed by atoms with Crippen LogP contribution in [0.1, 0.15) is 15.9 Å². The van der Waals surface area contributed by atoms with Crippen molar-refractivity contribution >= 4 is 27.5 Å². The first-order valence-corrected chi connectivity index (χ1v) is 9.17. The van der Waals surface area contributed by atoms with Crippen molar-refractivity contribution < 1.29 is 9.69 Å². The van der Waals surface area contributed by atoms with Gasteiger partial charge in [0.2, 0.25) is 0 Å². The average molecular weight is 338 g/mol. The number of piperazine rings is 1. The minimum Gasteiger partial charge on any atom is -0.328 e. The highest BCUT2D eigenvalue weighted by atomic mass is 32.1. The van der Waals surface area contributed by atoms with Crippen LogP contribution in [0.4, 0.5) is 0 Å². The molecule has 1 saturated heterocycles. The van der Waals surface area contributed by atoms with Gasteiger partial charge in [-0.3, -0.25) is 4.79 Å². The molecule has 2 aromatic carbocycles. The number of nitrogens with one attached hydrogen (secondary N) is 1. The number of rotatable bonds is 3. The second kappa shape index (κ2) is 6.71. The largest absolute Gasteiger partial charge is 0.328 e. The van der Waals surface area contributed by atoms with Crippen molar-refractivity contribution in [3.05, 3.63) is 65.2 Å². The van der Waals surface area contributed by atoms with Crippen molar-refractivity contribution in [3.63, 3.8) is 0 Å². The van der Waals surface area contributed by atoms with E-state index in [2.05, 4.69) is 35.3 Å². The van der Waals surface area contributed by atoms with Crippen LogP contribution in [0.3, 0.4) is 0 Å². The first-order valence-electron chi connectivity index (χ1n) is 8.29. The summed E-state index contributed by atoms with van der Waals surface area (Å²) in [6.07, 6.45) is 0. The molecule has 1 aromatic heterocycles. The van der Waals surface area contributed by atoms with E-state index in [9.17, 15) is 4.79 Å². The van der Waals surface area contributed by atoms with Crippen molar-refractivity contribution in [1.29, 1.82) is 0 Å². The quantitative estimate of drug-likeness (QED) is 0.791. The van der Waals surface area contributed by atoms with Crippen molar-refractivity contribution in [2.75, 3.05) is 26.2 Å². The molecule has 0 saturated carbocycles. The van der Waals surface area contributed by atoms with Crippen LogP contribution in [0.2, 0.25) is 0 Å². The van der Waals surface area contributed by atoms with E-state index >= 15 is 0 Å². The molecule has 122 valence electrons. The standard InChI is InChI=1S/C19H19N3OS/c23-19(16-6-7-17-18(12-16)24-14-20-17)22-10-8-21(9-11-22)13-15-4-2-1-3-5-15/h1-7,12,14H,8-11,13H2/p+1. The number of fused-ring (bicyclic) bond motifs is 1. The Kier molecular flexibility index (Phi) is 4.28. The van der Waals surface area contributed by atoms with Gasteiger partial charge < -0.3 is 9.80 Å². The minimum atomic E-state index is 0.143. The number of quaternary nitrogens is 1. The topological polar surface area (TPSA) is 37.6 Å². The summed E-state index contributed by atoms with van der Waals surface area (Å²) in [6.45, 7) is 4.69. The Balaban J connectivity index is 1.39. The Morgan fingerprint density at radius 3 is 2.71 bits per heavy atom. The van der Waals surface area contributed by atoms with Gasteiger partial charge in [0, 0.05) is 11.1 Å². The van der Waals surface area contributed by atoms with Gasteiger partial charge >= 0.3 is 0 Å². The summed E-state index contributed by atoms with van der Waals surface area (Å²) in [6, 6.07) is 16.4. The molecular formula is C19H20N3OS+. The van der Waals surface area contributed by atoms with Crippen LogP contribution in [-0.4, -0.2) is 42.0 Å². The molecule has 0 radical (unpaired) electrons. The van der Waals surface area contributed by atoms with E-state index in [4.69, 9.17) is 0 Å². The summed E-state index contributed by atoms with van der Waals surface area (Å²) in [5.41, 5.74) is 4.93. The van der Waals surface area contributed by atoms with Gasteiger partial charge in [-0.05, 0) is 18.2 Å². The second-order valence-corrected chi connectivity index (χ2v) is 7.13. The third kappa shape index (κ3) is 3.18. The van der Waals surface area contributed by atoms with E-state index in [-0.39, 0.29) is 5.91 Å². The van der Waals surface area contributed by atoms with Gasteiger partial charge in [-0.15, -0.1) is 11.3 Å². The molecule has 1 N–H and O–H groups in total. The van der Waals surface area contributed by atoms with Crippen molar-refractivity contribution in [2.24, 2.45) is 0 Å². The number of benzene rings is 2. The van der Waals surface area contributed by atoms with Gasteiger partial charge in [0.25, 0.3) is 5.91 Å². The van der Waals surface area contributed by atoms with Gasteiger partial charge in [-0.25, -0.2) is 4.98 Å². The maximum absolute atomic E-state index is 12.7. The van der Waals surface area contributed by atoms with E-state index in [1.54, 1.807) is 16.2 Å². The van der Waals surface area contributed by atoms with E-state index in [1.165, 1.54) is 5.56 Å². The van der Waals surface area contributed by atoms with Crippen LogP contribution >= 0.6 is 11.3 Å². The predicted molar refractivity (Wildman–Crippen MR) is 96.4 cm³/mol. The van der Waals surface area contributed by atoms with E-state index in [1.807, 2.05) is 28.6 Å². The van der Waals surface area contributed by atoms with Crippen LogP contribution in [0.5, 0.6) is 0 Å². The summed E-state index contributed by atoms with van der Waals surface area (Å²) in [5, 5.41) is 0. The normalized spacial score (nSPS) is 15.8. The molecule has 1 amide bonds. The smallest absolute Gasteiger partial charge is 0.254 e. The molecule has 3 aromatic rings. The van der Waals surface area contributed by atoms with Crippen LogP contribution < -0.4 is 4.90 Å². The third-order valence-electron chi connectivity index (χ3n) is 4.63. The Morgan fingerprint density at radius 1 is 1.12 bits per heavy atom. The summed E-state index contributed by atoms with van der Waals surface area (Å²) in [7, 11) is 0. The van der Waals surface area contributed by atoms with Crippen molar-refractivity contribution in [2.45, 2.75) is 6.54 Å². The van der Waals surface area contributed by atoms with Gasteiger partial charge in [0.15, 0.2) is 0 Å². The third-order valence-corrected chi connectivity index (χ3v) is 5.42. The Labute approximate surface area is 145 Å². The molecule has 1 aliphatic heterocycles. The molecule has 1 aliphatic rings. The fourth-order valence-corrected chi connectivity index (χ4v) is 3.97. The summed E-state index contributed by atoms with van der Waals surface area (Å²) < 4.78 is 1.08. The van der Waals surface area contributed by atoms with E-state index in [0.29, 0.717) is 0 Å². The predicted octanol–water partition coefficient (Wildman–Crippen LogP) is 1.84. The molecular weight excluding hydrogens is 318 g/mol. The maximum atomic E-state index is 12.7. The average Bonchev–Trinajstić information content (AvgIpc) is 3.10. The van der Waals surface area contributed by atoms with Gasteiger partial charge in [-0.2, -0.15) is 0 Å². The number of thiazole rings is 1. The van der Waals surface area contributed by atoms with E-state index in [0.717, 1.165) is 48.5 Å². The van der Waals surface area contributed by atoms with E-state index < -0.39 is 0 Å². The zero-order chi connectivity index (χ0) is 16.4. The molecule has 5 heteroatoms. The molecule has 4 rings (SSSR count). The molecule has 0 unspecified atom stereocenters. The lowest BCUT2D eigenvalue weighted by molar-refractivity contribution is -0.917. The van der Waals surface area contributed by atoms with Gasteiger partial charge in [-0.1, -0.05) is 30.3 Å². The molecule has 0 aliphatic carbocycles. The number of carbonyl (C=O) groups is 1. The minimum absolute atomic E-state index is 0.143. The zero-order valence-corrected chi connectivity index (χ0v) is 14.3. The molecule has 1 fully saturated rings. The number of hydrogen-bond acceptors (Lipinski definition) is 3.